The van der Waals surface area contributed by atoms with Gasteiger partial charge in [0, 0.05) is 11.6 Å². The largest absolute Gasteiger partial charge is 0.493 e. The lowest BCUT2D eigenvalue weighted by atomic mass is 10.1. The molecular weight excluding hydrogens is 358 g/mol. The number of methoxy groups -OCH3 is 2. The molecule has 138 valence electrons. The first-order chi connectivity index (χ1) is 12.4. The third-order valence-corrected chi connectivity index (χ3v) is 3.85. The molecule has 7 heteroatoms. The summed E-state index contributed by atoms with van der Waals surface area (Å²) in [5.41, 5.74) is 1.19. The zero-order chi connectivity index (χ0) is 19.1. The normalized spacial score (nSPS) is 10.2. The molecule has 0 heterocycles. The lowest BCUT2D eigenvalue weighted by molar-refractivity contribution is -0.123. The van der Waals surface area contributed by atoms with Crippen molar-refractivity contribution in [2.75, 3.05) is 20.8 Å². The number of carbonyl (C=O) groups excluding carboxylic acids is 2. The molecule has 6 nitrogen and oxygen atoms in total. The fourth-order valence-electron chi connectivity index (χ4n) is 2.29. The zero-order valence-electron chi connectivity index (χ0n) is 14.8. The Bertz CT molecular complexity index is 807. The number of Topliss-reactive ketones (excluding diaryl/α,β-unsaturated/α-hetero) is 1. The Morgan fingerprint density at radius 2 is 1.69 bits per heavy atom. The van der Waals surface area contributed by atoms with Gasteiger partial charge in [-0.2, -0.15) is 0 Å². The molecule has 0 bridgehead atoms. The molecule has 0 aliphatic carbocycles. The van der Waals surface area contributed by atoms with E-state index < -0.39 is 0 Å². The van der Waals surface area contributed by atoms with Crippen molar-refractivity contribution < 1.29 is 23.8 Å². The van der Waals surface area contributed by atoms with Gasteiger partial charge in [0.25, 0.3) is 5.91 Å². The number of benzene rings is 2. The average molecular weight is 378 g/mol. The fourth-order valence-corrected chi connectivity index (χ4v) is 2.46. The molecule has 2 aromatic carbocycles. The van der Waals surface area contributed by atoms with Crippen molar-refractivity contribution in [3.63, 3.8) is 0 Å². The summed E-state index contributed by atoms with van der Waals surface area (Å²) in [5, 5.41) is 3.18. The highest BCUT2D eigenvalue weighted by molar-refractivity contribution is 6.31. The van der Waals surface area contributed by atoms with E-state index in [2.05, 4.69) is 5.32 Å². The second kappa shape index (κ2) is 9.10. The van der Waals surface area contributed by atoms with Gasteiger partial charge in [0.15, 0.2) is 23.9 Å². The molecule has 0 aromatic heterocycles. The van der Waals surface area contributed by atoms with Crippen molar-refractivity contribution in [2.45, 2.75) is 13.5 Å². The number of hydrogen-bond acceptors (Lipinski definition) is 5. The van der Waals surface area contributed by atoms with E-state index in [0.717, 1.165) is 5.56 Å². The molecule has 0 aliphatic heterocycles. The average Bonchev–Trinajstić information content (AvgIpc) is 2.64. The predicted molar refractivity (Wildman–Crippen MR) is 98.3 cm³/mol. The summed E-state index contributed by atoms with van der Waals surface area (Å²) in [6.45, 7) is 1.51. The molecule has 1 N–H and O–H groups in total. The number of hydrogen-bond donors (Lipinski definition) is 1. The number of halogens is 1. The number of ketones is 1. The molecule has 0 spiro atoms. The first kappa shape index (κ1) is 19.6. The SMILES string of the molecule is COc1ccc(CNC(=O)COc2ccc(Cl)cc2C(C)=O)cc1OC. The highest BCUT2D eigenvalue weighted by atomic mass is 35.5. The van der Waals surface area contributed by atoms with Gasteiger partial charge in [-0.05, 0) is 42.8 Å². The van der Waals surface area contributed by atoms with Gasteiger partial charge in [-0.25, -0.2) is 0 Å². The van der Waals surface area contributed by atoms with Crippen molar-refractivity contribution in [3.8, 4) is 17.2 Å². The Labute approximate surface area is 157 Å². The van der Waals surface area contributed by atoms with Crippen LogP contribution >= 0.6 is 11.6 Å². The van der Waals surface area contributed by atoms with Crippen LogP contribution in [0.2, 0.25) is 5.02 Å². The molecular formula is C19H20ClNO5. The van der Waals surface area contributed by atoms with E-state index >= 15 is 0 Å². The molecule has 26 heavy (non-hydrogen) atoms. The standard InChI is InChI=1S/C19H20ClNO5/c1-12(22)15-9-14(20)5-7-16(15)26-11-19(23)21-10-13-4-6-17(24-2)18(8-13)25-3/h4-9H,10-11H2,1-3H3,(H,21,23). The van der Waals surface area contributed by atoms with Crippen LogP contribution in [-0.4, -0.2) is 32.5 Å². The van der Waals surface area contributed by atoms with Crippen molar-refractivity contribution in [1.29, 1.82) is 0 Å². The molecule has 0 saturated heterocycles. The van der Waals surface area contributed by atoms with Crippen LogP contribution in [-0.2, 0) is 11.3 Å². The van der Waals surface area contributed by atoms with Gasteiger partial charge in [-0.3, -0.25) is 9.59 Å². The molecule has 2 aromatic rings. The van der Waals surface area contributed by atoms with E-state index in [0.29, 0.717) is 34.4 Å². The maximum Gasteiger partial charge on any atom is 0.258 e. The van der Waals surface area contributed by atoms with Crippen LogP contribution in [0.4, 0.5) is 0 Å². The third kappa shape index (κ3) is 5.13. The summed E-state index contributed by atoms with van der Waals surface area (Å²) in [6, 6.07) is 10.1. The number of amides is 1. The summed E-state index contributed by atoms with van der Waals surface area (Å²) in [4.78, 5) is 23.6. The van der Waals surface area contributed by atoms with Crippen molar-refractivity contribution in [3.05, 3.63) is 52.5 Å². The summed E-state index contributed by atoms with van der Waals surface area (Å²) >= 11 is 5.88. The molecule has 1 amide bonds. The van der Waals surface area contributed by atoms with E-state index in [1.54, 1.807) is 38.5 Å². The van der Waals surface area contributed by atoms with E-state index in [-0.39, 0.29) is 18.3 Å². The zero-order valence-corrected chi connectivity index (χ0v) is 15.6. The lowest BCUT2D eigenvalue weighted by Gasteiger charge is -2.12. The van der Waals surface area contributed by atoms with Crippen molar-refractivity contribution >= 4 is 23.3 Å². The van der Waals surface area contributed by atoms with Crippen molar-refractivity contribution in [1.82, 2.24) is 5.32 Å². The Hall–Kier alpha value is -2.73. The van der Waals surface area contributed by atoms with Gasteiger partial charge in [0.1, 0.15) is 5.75 Å². The van der Waals surface area contributed by atoms with Crippen LogP contribution in [0.25, 0.3) is 0 Å². The van der Waals surface area contributed by atoms with E-state index in [1.807, 2.05) is 6.07 Å². The number of rotatable bonds is 8. The highest BCUT2D eigenvalue weighted by Crippen LogP contribution is 2.27. The Kier molecular flexibility index (Phi) is 6.86. The number of carbonyl (C=O) groups is 2. The molecule has 0 radical (unpaired) electrons. The van der Waals surface area contributed by atoms with Crippen molar-refractivity contribution in [2.24, 2.45) is 0 Å². The monoisotopic (exact) mass is 377 g/mol. The summed E-state index contributed by atoms with van der Waals surface area (Å²) < 4.78 is 15.9. The van der Waals surface area contributed by atoms with Crippen LogP contribution in [0.3, 0.4) is 0 Å². The Morgan fingerprint density at radius 3 is 2.35 bits per heavy atom. The smallest absolute Gasteiger partial charge is 0.258 e. The maximum absolute atomic E-state index is 12.0. The number of ether oxygens (including phenoxy) is 3. The Morgan fingerprint density at radius 1 is 1.00 bits per heavy atom. The van der Waals surface area contributed by atoms with Crippen LogP contribution in [0.15, 0.2) is 36.4 Å². The van der Waals surface area contributed by atoms with E-state index in [9.17, 15) is 9.59 Å². The summed E-state index contributed by atoms with van der Waals surface area (Å²) in [5.74, 6) is 1.02. The van der Waals surface area contributed by atoms with Gasteiger partial charge in [-0.1, -0.05) is 17.7 Å². The van der Waals surface area contributed by atoms with Gasteiger partial charge < -0.3 is 19.5 Å². The molecule has 0 saturated carbocycles. The quantitative estimate of drug-likeness (QED) is 0.715. The van der Waals surface area contributed by atoms with Crippen LogP contribution < -0.4 is 19.5 Å². The molecule has 2 rings (SSSR count). The maximum atomic E-state index is 12.0. The van der Waals surface area contributed by atoms with E-state index in [4.69, 9.17) is 25.8 Å². The van der Waals surface area contributed by atoms with Gasteiger partial charge >= 0.3 is 0 Å². The minimum atomic E-state index is -0.316. The van der Waals surface area contributed by atoms with Crippen LogP contribution in [0.5, 0.6) is 17.2 Å². The Balaban J connectivity index is 1.93. The predicted octanol–water partition coefficient (Wildman–Crippen LogP) is 3.26. The third-order valence-electron chi connectivity index (χ3n) is 3.62. The van der Waals surface area contributed by atoms with Crippen LogP contribution in [0.1, 0.15) is 22.8 Å². The number of nitrogens with one attached hydrogen (secondary N) is 1. The first-order valence-corrected chi connectivity index (χ1v) is 8.23. The summed E-state index contributed by atoms with van der Waals surface area (Å²) in [6.07, 6.45) is 0. The van der Waals surface area contributed by atoms with Gasteiger partial charge in [0.2, 0.25) is 0 Å². The molecule has 0 aliphatic rings. The molecule has 0 atom stereocenters. The minimum Gasteiger partial charge on any atom is -0.493 e. The lowest BCUT2D eigenvalue weighted by Crippen LogP contribution is -2.28. The summed E-state index contributed by atoms with van der Waals surface area (Å²) in [7, 11) is 3.11. The molecule has 0 unspecified atom stereocenters. The van der Waals surface area contributed by atoms with Gasteiger partial charge in [-0.15, -0.1) is 0 Å². The van der Waals surface area contributed by atoms with Crippen LogP contribution in [0, 0.1) is 0 Å². The fraction of sp³-hybridized carbons (Fsp3) is 0.263. The topological polar surface area (TPSA) is 73.9 Å². The first-order valence-electron chi connectivity index (χ1n) is 7.85. The minimum absolute atomic E-state index is 0.187. The second-order valence-electron chi connectivity index (χ2n) is 5.45. The van der Waals surface area contributed by atoms with E-state index in [1.165, 1.54) is 13.0 Å². The second-order valence-corrected chi connectivity index (χ2v) is 5.89. The van der Waals surface area contributed by atoms with Gasteiger partial charge in [0.05, 0.1) is 19.8 Å². The highest BCUT2D eigenvalue weighted by Gasteiger charge is 2.11. The molecule has 0 fully saturated rings.